The Morgan fingerprint density at radius 1 is 0.660 bits per heavy atom. The van der Waals surface area contributed by atoms with Crippen molar-refractivity contribution in [2.45, 2.75) is 19.0 Å². The minimum Gasteiger partial charge on any atom is -0.317 e. The number of para-hydroxylation sites is 4. The van der Waals surface area contributed by atoms with E-state index in [1.807, 2.05) is 0 Å². The van der Waals surface area contributed by atoms with E-state index in [-0.39, 0.29) is 17.5 Å². The van der Waals surface area contributed by atoms with Gasteiger partial charge in [-0.05, 0) is 53.5 Å². The number of aromatic nitrogens is 2. The van der Waals surface area contributed by atoms with E-state index in [1.165, 1.54) is 54.8 Å². The van der Waals surface area contributed by atoms with Crippen molar-refractivity contribution < 1.29 is 0 Å². The summed E-state index contributed by atoms with van der Waals surface area (Å²) in [4.78, 5) is 5.12. The largest absolute Gasteiger partial charge is 0.317 e. The van der Waals surface area contributed by atoms with Gasteiger partial charge in [0.1, 0.15) is 6.17 Å². The van der Waals surface area contributed by atoms with Gasteiger partial charge in [-0.3, -0.25) is 4.99 Å². The minimum atomic E-state index is -0.229. The normalized spacial score (nSPS) is 23.3. The molecule has 222 valence electrons. The summed E-state index contributed by atoms with van der Waals surface area (Å²) >= 11 is 0. The Morgan fingerprint density at radius 2 is 1.26 bits per heavy atom. The molecule has 0 saturated heterocycles. The third-order valence-electron chi connectivity index (χ3n) is 10.6. The lowest BCUT2D eigenvalue weighted by atomic mass is 9.72. The summed E-state index contributed by atoms with van der Waals surface area (Å²) in [6.07, 6.45) is 19.7. The molecule has 0 N–H and O–H groups in total. The molecule has 3 heterocycles. The Balaban J connectivity index is 0.966. The van der Waals surface area contributed by atoms with Gasteiger partial charge in [-0.2, -0.15) is 5.26 Å². The van der Waals surface area contributed by atoms with E-state index in [2.05, 4.69) is 161 Å². The second kappa shape index (κ2) is 9.79. The van der Waals surface area contributed by atoms with E-state index in [1.54, 1.807) is 0 Å². The lowest BCUT2D eigenvalue weighted by molar-refractivity contribution is 0.473. The molecular formula is C43H30N4. The van der Waals surface area contributed by atoms with Crippen LogP contribution in [0.15, 0.2) is 167 Å². The van der Waals surface area contributed by atoms with E-state index in [9.17, 15) is 5.26 Å². The summed E-state index contributed by atoms with van der Waals surface area (Å²) in [5, 5.41) is 15.5. The average Bonchev–Trinajstić information content (AvgIpc) is 3.65. The fourth-order valence-corrected chi connectivity index (χ4v) is 8.36. The van der Waals surface area contributed by atoms with Crippen LogP contribution in [-0.2, 0) is 0 Å². The number of allylic oxidation sites excluding steroid dienone is 11. The lowest BCUT2D eigenvalue weighted by Crippen LogP contribution is -2.23. The zero-order valence-electron chi connectivity index (χ0n) is 25.7. The molecule has 4 nitrogen and oxygen atoms in total. The van der Waals surface area contributed by atoms with Crippen LogP contribution in [0.3, 0.4) is 0 Å². The van der Waals surface area contributed by atoms with Crippen LogP contribution in [0.25, 0.3) is 49.3 Å². The topological polar surface area (TPSA) is 46.0 Å². The molecule has 0 saturated carbocycles. The Morgan fingerprint density at radius 3 is 1.85 bits per heavy atom. The van der Waals surface area contributed by atoms with Crippen molar-refractivity contribution in [2.24, 2.45) is 16.3 Å². The van der Waals surface area contributed by atoms with Gasteiger partial charge < -0.3 is 9.13 Å². The fraction of sp³-hybridized carbons (Fsp3) is 0.116. The van der Waals surface area contributed by atoms with Gasteiger partial charge in [0.2, 0.25) is 0 Å². The van der Waals surface area contributed by atoms with Gasteiger partial charge in [-0.15, -0.1) is 0 Å². The van der Waals surface area contributed by atoms with Gasteiger partial charge in [-0.25, -0.2) is 0 Å². The number of rotatable bonds is 4. The van der Waals surface area contributed by atoms with Crippen molar-refractivity contribution >= 4 is 55.5 Å². The second-order valence-electron chi connectivity index (χ2n) is 13.0. The Hall–Kier alpha value is -5.92. The molecule has 0 radical (unpaired) electrons. The van der Waals surface area contributed by atoms with Crippen LogP contribution >= 0.6 is 0 Å². The van der Waals surface area contributed by atoms with Crippen molar-refractivity contribution in [2.75, 3.05) is 0 Å². The smallest absolute Gasteiger partial charge is 0.129 e. The number of benzene rings is 4. The molecule has 47 heavy (non-hydrogen) atoms. The van der Waals surface area contributed by atoms with Gasteiger partial charge in [0.25, 0.3) is 0 Å². The van der Waals surface area contributed by atoms with Crippen LogP contribution in [0.5, 0.6) is 0 Å². The van der Waals surface area contributed by atoms with Crippen LogP contribution in [0.1, 0.15) is 19.0 Å². The van der Waals surface area contributed by atoms with Crippen molar-refractivity contribution in [3.63, 3.8) is 0 Å². The van der Waals surface area contributed by atoms with E-state index in [4.69, 9.17) is 4.99 Å². The Labute approximate surface area is 272 Å². The number of aliphatic imine (C=N–C) groups is 1. The highest BCUT2D eigenvalue weighted by atomic mass is 15.1. The van der Waals surface area contributed by atoms with E-state index in [0.29, 0.717) is 0 Å². The van der Waals surface area contributed by atoms with Crippen LogP contribution in [0.4, 0.5) is 0 Å². The molecule has 3 unspecified atom stereocenters. The van der Waals surface area contributed by atoms with E-state index in [0.717, 1.165) is 29.7 Å². The Bertz CT molecular complexity index is 2500. The maximum Gasteiger partial charge on any atom is 0.129 e. The van der Waals surface area contributed by atoms with Crippen molar-refractivity contribution in [1.82, 2.24) is 9.13 Å². The summed E-state index contributed by atoms with van der Waals surface area (Å²) in [7, 11) is 0. The number of nitriles is 1. The maximum absolute atomic E-state index is 10.5. The highest BCUT2D eigenvalue weighted by Gasteiger charge is 2.50. The molecule has 0 bridgehead atoms. The molecule has 2 aromatic heterocycles. The third kappa shape index (κ3) is 3.78. The molecule has 4 aliphatic rings. The summed E-state index contributed by atoms with van der Waals surface area (Å²) in [5.74, 6) is 0.0748. The number of nitrogens with zero attached hydrogens (tertiary/aromatic N) is 4. The first kappa shape index (κ1) is 26.3. The summed E-state index contributed by atoms with van der Waals surface area (Å²) in [6.45, 7) is 0. The fourth-order valence-electron chi connectivity index (χ4n) is 8.36. The molecule has 1 aliphatic heterocycles. The third-order valence-corrected chi connectivity index (χ3v) is 10.6. The SMILES string of the molecule is N#CC1=CC(n2c3ccccc3c3ccccc32)=CCC1C12C=C(C3=CCC(n4c5ccccc5c5ccccc54)N=C3)C=CC1=C2. The molecule has 6 aromatic rings. The quantitative estimate of drug-likeness (QED) is 0.198. The minimum absolute atomic E-state index is 0.0103. The predicted octanol–water partition coefficient (Wildman–Crippen LogP) is 10.2. The number of dihydropyridines is 1. The molecule has 3 atom stereocenters. The summed E-state index contributed by atoms with van der Waals surface area (Å²) in [6, 6.07) is 37.0. The highest BCUT2D eigenvalue weighted by Crippen LogP contribution is 2.59. The van der Waals surface area contributed by atoms with Crippen LogP contribution in [0, 0.1) is 22.7 Å². The first-order valence-corrected chi connectivity index (χ1v) is 16.4. The first-order chi connectivity index (χ1) is 23.2. The van der Waals surface area contributed by atoms with Crippen molar-refractivity contribution in [3.05, 3.63) is 162 Å². The number of hydrogen-bond acceptors (Lipinski definition) is 2. The predicted molar refractivity (Wildman–Crippen MR) is 193 cm³/mol. The summed E-state index contributed by atoms with van der Waals surface area (Å²) in [5.41, 5.74) is 10.1. The lowest BCUT2D eigenvalue weighted by Gasteiger charge is -2.31. The molecule has 0 spiro atoms. The number of fused-ring (bicyclic) bond motifs is 7. The van der Waals surface area contributed by atoms with Gasteiger partial charge in [0, 0.05) is 56.8 Å². The molecule has 0 amide bonds. The van der Waals surface area contributed by atoms with Crippen molar-refractivity contribution in [1.29, 1.82) is 5.26 Å². The molecular weight excluding hydrogens is 573 g/mol. The zero-order chi connectivity index (χ0) is 31.1. The van der Waals surface area contributed by atoms with Crippen LogP contribution in [0.2, 0.25) is 0 Å². The zero-order valence-corrected chi connectivity index (χ0v) is 25.7. The monoisotopic (exact) mass is 602 g/mol. The molecule has 4 heteroatoms. The standard InChI is InChI=1S/C43H30N4/c44-26-30-23-32(46-38-13-5-1-9-33(38)34-10-2-6-14-39(34)46)20-21-37(30)43-24-28(17-19-31(43)25-43)29-18-22-42(45-27-29)47-40-15-7-3-11-35(40)36-12-4-8-16-41(36)47/h1-20,23-25,27,37,42H,21-22H2. The number of hydrogen-bond donors (Lipinski definition) is 0. The van der Waals surface area contributed by atoms with Crippen molar-refractivity contribution in [3.8, 4) is 6.07 Å². The maximum atomic E-state index is 10.5. The van der Waals surface area contributed by atoms with Crippen LogP contribution in [-0.4, -0.2) is 15.3 Å². The molecule has 3 aliphatic carbocycles. The molecule has 10 rings (SSSR count). The van der Waals surface area contributed by atoms with Crippen LogP contribution < -0.4 is 0 Å². The molecule has 4 aromatic carbocycles. The van der Waals surface area contributed by atoms with Gasteiger partial charge in [0.15, 0.2) is 0 Å². The highest BCUT2D eigenvalue weighted by molar-refractivity contribution is 6.10. The second-order valence-corrected chi connectivity index (χ2v) is 13.0. The molecule has 0 fully saturated rings. The first-order valence-electron chi connectivity index (χ1n) is 16.4. The summed E-state index contributed by atoms with van der Waals surface area (Å²) < 4.78 is 4.70. The van der Waals surface area contributed by atoms with E-state index >= 15 is 0 Å². The van der Waals surface area contributed by atoms with Gasteiger partial charge >= 0.3 is 0 Å². The van der Waals surface area contributed by atoms with Gasteiger partial charge in [-0.1, -0.05) is 109 Å². The Kier molecular flexibility index (Phi) is 5.48. The van der Waals surface area contributed by atoms with Gasteiger partial charge in [0.05, 0.1) is 28.1 Å². The van der Waals surface area contributed by atoms with E-state index < -0.39 is 0 Å². The average molecular weight is 603 g/mol.